The van der Waals surface area contributed by atoms with E-state index in [1.807, 2.05) is 0 Å². The van der Waals surface area contributed by atoms with Crippen LogP contribution in [0.4, 0.5) is 4.79 Å². The van der Waals surface area contributed by atoms with Gasteiger partial charge in [-0.25, -0.2) is 9.59 Å². The van der Waals surface area contributed by atoms with E-state index in [9.17, 15) is 9.59 Å². The Labute approximate surface area is 78.7 Å². The molecule has 0 aromatic carbocycles. The van der Waals surface area contributed by atoms with Crippen molar-refractivity contribution in [3.05, 3.63) is 0 Å². The molecule has 4 heteroatoms. The van der Waals surface area contributed by atoms with Crippen LogP contribution in [0.2, 0.25) is 0 Å². The number of imide groups is 1. The standard InChI is InChI=1S/C9H17N2O2/c1-10(2)9(13)11(8-12)6-4-3-5-7-11/h8H,3-7H2,1-2H3/q+1. The van der Waals surface area contributed by atoms with E-state index in [1.54, 1.807) is 14.1 Å². The molecule has 74 valence electrons. The Morgan fingerprint density at radius 2 is 1.77 bits per heavy atom. The second kappa shape index (κ2) is 3.87. The topological polar surface area (TPSA) is 37.4 Å². The van der Waals surface area contributed by atoms with Crippen molar-refractivity contribution in [1.29, 1.82) is 0 Å². The molecule has 0 spiro atoms. The van der Waals surface area contributed by atoms with Gasteiger partial charge in [0.25, 0.3) is 0 Å². The molecule has 13 heavy (non-hydrogen) atoms. The summed E-state index contributed by atoms with van der Waals surface area (Å²) in [6.07, 6.45) is 3.87. The first-order chi connectivity index (χ1) is 6.12. The number of piperidine rings is 1. The summed E-state index contributed by atoms with van der Waals surface area (Å²) in [5.41, 5.74) is 0. The van der Waals surface area contributed by atoms with Gasteiger partial charge in [0.1, 0.15) is 0 Å². The number of urea groups is 1. The molecule has 0 bridgehead atoms. The molecular formula is C9H17N2O2+. The zero-order chi connectivity index (χ0) is 9.90. The van der Waals surface area contributed by atoms with Crippen molar-refractivity contribution in [2.24, 2.45) is 0 Å². The molecule has 1 saturated heterocycles. The second-order valence-electron chi connectivity index (χ2n) is 3.82. The minimum atomic E-state index is -0.0882. The van der Waals surface area contributed by atoms with Crippen LogP contribution in [-0.4, -0.2) is 49.0 Å². The molecule has 1 fully saturated rings. The predicted octanol–water partition coefficient (Wildman–Crippen LogP) is 0.825. The third-order valence-corrected chi connectivity index (χ3v) is 2.58. The Bertz CT molecular complexity index is 208. The Morgan fingerprint density at radius 1 is 1.23 bits per heavy atom. The van der Waals surface area contributed by atoms with E-state index < -0.39 is 0 Å². The number of carbonyl (C=O) groups is 2. The highest BCUT2D eigenvalue weighted by Crippen LogP contribution is 2.18. The fraction of sp³-hybridized carbons (Fsp3) is 0.778. The summed E-state index contributed by atoms with van der Waals surface area (Å²) in [5, 5.41) is 0. The minimum absolute atomic E-state index is 0.00694. The SMILES string of the molecule is CN(C)C(=O)[N+]1(C=O)CCCCC1. The smallest absolute Gasteiger partial charge is 0.298 e. The molecular weight excluding hydrogens is 168 g/mol. The highest BCUT2D eigenvalue weighted by Gasteiger charge is 2.39. The van der Waals surface area contributed by atoms with Gasteiger partial charge in [0.05, 0.1) is 13.1 Å². The van der Waals surface area contributed by atoms with Crippen molar-refractivity contribution < 1.29 is 14.1 Å². The van der Waals surface area contributed by atoms with E-state index >= 15 is 0 Å². The summed E-state index contributed by atoms with van der Waals surface area (Å²) < 4.78 is -0.00694. The molecule has 0 saturated carbocycles. The Hall–Kier alpha value is -0.900. The fourth-order valence-corrected chi connectivity index (χ4v) is 1.82. The van der Waals surface area contributed by atoms with Crippen molar-refractivity contribution >= 4 is 12.4 Å². The van der Waals surface area contributed by atoms with Crippen LogP contribution in [0.3, 0.4) is 0 Å². The van der Waals surface area contributed by atoms with E-state index in [4.69, 9.17) is 0 Å². The Kier molecular flexibility index (Phi) is 3.03. The van der Waals surface area contributed by atoms with Crippen molar-refractivity contribution in [3.8, 4) is 0 Å². The molecule has 0 radical (unpaired) electrons. The van der Waals surface area contributed by atoms with Crippen molar-refractivity contribution in [1.82, 2.24) is 4.90 Å². The molecule has 1 heterocycles. The Balaban J connectivity index is 2.78. The number of quaternary nitrogens is 1. The predicted molar refractivity (Wildman–Crippen MR) is 49.0 cm³/mol. The number of hydrogen-bond acceptors (Lipinski definition) is 2. The Morgan fingerprint density at radius 3 is 2.15 bits per heavy atom. The lowest BCUT2D eigenvalue weighted by Gasteiger charge is -2.33. The van der Waals surface area contributed by atoms with Crippen LogP contribution >= 0.6 is 0 Å². The van der Waals surface area contributed by atoms with E-state index in [2.05, 4.69) is 0 Å². The van der Waals surface area contributed by atoms with Crippen molar-refractivity contribution in [2.75, 3.05) is 27.2 Å². The van der Waals surface area contributed by atoms with Crippen molar-refractivity contribution in [3.63, 3.8) is 0 Å². The van der Waals surface area contributed by atoms with Gasteiger partial charge in [-0.1, -0.05) is 0 Å². The fourth-order valence-electron chi connectivity index (χ4n) is 1.82. The van der Waals surface area contributed by atoms with Gasteiger partial charge in [0, 0.05) is 14.1 Å². The number of hydrogen-bond donors (Lipinski definition) is 0. The molecule has 0 aromatic heterocycles. The molecule has 1 rings (SSSR count). The first-order valence-corrected chi connectivity index (χ1v) is 4.67. The maximum Gasteiger partial charge on any atom is 0.425 e. The molecule has 0 aliphatic carbocycles. The average molecular weight is 185 g/mol. The lowest BCUT2D eigenvalue weighted by atomic mass is 10.1. The van der Waals surface area contributed by atoms with Crippen LogP contribution < -0.4 is 0 Å². The van der Waals surface area contributed by atoms with E-state index in [0.29, 0.717) is 13.1 Å². The number of nitrogens with zero attached hydrogens (tertiary/aromatic N) is 2. The molecule has 3 amide bonds. The minimum Gasteiger partial charge on any atom is -0.298 e. The quantitative estimate of drug-likeness (QED) is 0.448. The summed E-state index contributed by atoms with van der Waals surface area (Å²) >= 11 is 0. The van der Waals surface area contributed by atoms with Gasteiger partial charge in [0.15, 0.2) is 0 Å². The zero-order valence-corrected chi connectivity index (χ0v) is 8.32. The molecule has 0 N–H and O–H groups in total. The normalized spacial score (nSPS) is 20.8. The lowest BCUT2D eigenvalue weighted by molar-refractivity contribution is -0.773. The van der Waals surface area contributed by atoms with Gasteiger partial charge in [0.2, 0.25) is 0 Å². The summed E-state index contributed by atoms with van der Waals surface area (Å²) in [5.74, 6) is 0. The van der Waals surface area contributed by atoms with Crippen molar-refractivity contribution in [2.45, 2.75) is 19.3 Å². The maximum absolute atomic E-state index is 11.7. The van der Waals surface area contributed by atoms with Crippen LogP contribution in [0.15, 0.2) is 0 Å². The first kappa shape index (κ1) is 10.2. The van der Waals surface area contributed by atoms with Gasteiger partial charge in [-0.2, -0.15) is 4.48 Å². The van der Waals surface area contributed by atoms with Gasteiger partial charge in [-0.3, -0.25) is 4.90 Å². The second-order valence-corrected chi connectivity index (χ2v) is 3.82. The van der Waals surface area contributed by atoms with E-state index in [0.717, 1.165) is 25.7 Å². The average Bonchev–Trinajstić information content (AvgIpc) is 2.17. The zero-order valence-electron chi connectivity index (χ0n) is 8.32. The molecule has 0 unspecified atom stereocenters. The lowest BCUT2D eigenvalue weighted by Crippen LogP contribution is -2.58. The first-order valence-electron chi connectivity index (χ1n) is 4.67. The van der Waals surface area contributed by atoms with Crippen LogP contribution in [0, 0.1) is 0 Å². The van der Waals surface area contributed by atoms with E-state index in [-0.39, 0.29) is 10.5 Å². The van der Waals surface area contributed by atoms with E-state index in [1.165, 1.54) is 4.90 Å². The van der Waals surface area contributed by atoms with Gasteiger partial charge in [-0.15, -0.1) is 0 Å². The summed E-state index contributed by atoms with van der Waals surface area (Å²) in [7, 11) is 3.39. The number of likely N-dealkylation sites (tertiary alicyclic amines) is 1. The highest BCUT2D eigenvalue weighted by molar-refractivity contribution is 5.73. The van der Waals surface area contributed by atoms with Gasteiger partial charge >= 0.3 is 12.4 Å². The number of amides is 3. The highest BCUT2D eigenvalue weighted by atomic mass is 16.2. The van der Waals surface area contributed by atoms with Gasteiger partial charge in [-0.05, 0) is 19.3 Å². The molecule has 0 aromatic rings. The third kappa shape index (κ3) is 1.88. The van der Waals surface area contributed by atoms with Crippen LogP contribution in [-0.2, 0) is 4.79 Å². The van der Waals surface area contributed by atoms with Crippen LogP contribution in [0.5, 0.6) is 0 Å². The summed E-state index contributed by atoms with van der Waals surface area (Å²) in [6.45, 7) is 1.33. The molecule has 1 aliphatic heterocycles. The molecule has 4 nitrogen and oxygen atoms in total. The largest absolute Gasteiger partial charge is 0.425 e. The monoisotopic (exact) mass is 185 g/mol. The van der Waals surface area contributed by atoms with Gasteiger partial charge < -0.3 is 0 Å². The third-order valence-electron chi connectivity index (χ3n) is 2.58. The van der Waals surface area contributed by atoms with Crippen LogP contribution in [0.25, 0.3) is 0 Å². The summed E-state index contributed by atoms with van der Waals surface area (Å²) in [4.78, 5) is 24.2. The molecule has 1 aliphatic rings. The van der Waals surface area contributed by atoms with Crippen LogP contribution in [0.1, 0.15) is 19.3 Å². The maximum atomic E-state index is 11.7. The summed E-state index contributed by atoms with van der Waals surface area (Å²) in [6, 6.07) is -0.0882. The molecule has 0 atom stereocenters. The number of rotatable bonds is 1. The number of carbonyl (C=O) groups excluding carboxylic acids is 2.